The standard InChI is InChI=1S/C15H22BrNO/c1-5-11-8-7-9-12(6-2)14(11)17-15(18)13(16)10(3)4/h7-10,13H,5-6H2,1-4H3,(H,17,18). The summed E-state index contributed by atoms with van der Waals surface area (Å²) in [6.07, 6.45) is 1.86. The van der Waals surface area contributed by atoms with Crippen molar-refractivity contribution in [3.05, 3.63) is 29.3 Å². The molecule has 0 aromatic heterocycles. The topological polar surface area (TPSA) is 29.1 Å². The number of para-hydroxylation sites is 1. The minimum Gasteiger partial charge on any atom is -0.325 e. The Morgan fingerprint density at radius 3 is 2.11 bits per heavy atom. The Bertz CT molecular complexity index is 393. The maximum absolute atomic E-state index is 12.1. The van der Waals surface area contributed by atoms with E-state index in [9.17, 15) is 4.79 Å². The molecule has 1 atom stereocenters. The van der Waals surface area contributed by atoms with Crippen molar-refractivity contribution in [3.8, 4) is 0 Å². The molecule has 0 fully saturated rings. The molecule has 1 aromatic rings. The quantitative estimate of drug-likeness (QED) is 0.812. The highest BCUT2D eigenvalue weighted by Gasteiger charge is 2.20. The molecular formula is C15H22BrNO. The van der Waals surface area contributed by atoms with Gasteiger partial charge in [-0.25, -0.2) is 0 Å². The number of hydrogen-bond acceptors (Lipinski definition) is 1. The lowest BCUT2D eigenvalue weighted by atomic mass is 10.0. The molecule has 0 saturated carbocycles. The number of carbonyl (C=O) groups excluding carboxylic acids is 1. The van der Waals surface area contributed by atoms with E-state index in [1.165, 1.54) is 11.1 Å². The third-order valence-electron chi connectivity index (χ3n) is 3.08. The van der Waals surface area contributed by atoms with Crippen molar-refractivity contribution in [3.63, 3.8) is 0 Å². The molecule has 0 aliphatic rings. The molecule has 1 rings (SSSR count). The molecule has 1 unspecified atom stereocenters. The van der Waals surface area contributed by atoms with Crippen LogP contribution in [0.25, 0.3) is 0 Å². The second kappa shape index (κ2) is 6.93. The van der Waals surface area contributed by atoms with E-state index in [4.69, 9.17) is 0 Å². The van der Waals surface area contributed by atoms with Gasteiger partial charge in [0, 0.05) is 5.69 Å². The molecule has 18 heavy (non-hydrogen) atoms. The molecule has 0 bridgehead atoms. The first-order valence-corrected chi connectivity index (χ1v) is 7.48. The van der Waals surface area contributed by atoms with Crippen LogP contribution in [0.1, 0.15) is 38.8 Å². The van der Waals surface area contributed by atoms with Gasteiger partial charge in [0.25, 0.3) is 0 Å². The number of aryl methyl sites for hydroxylation is 2. The van der Waals surface area contributed by atoms with Gasteiger partial charge in [-0.05, 0) is 29.9 Å². The fourth-order valence-corrected chi connectivity index (χ4v) is 2.01. The van der Waals surface area contributed by atoms with Gasteiger partial charge in [-0.2, -0.15) is 0 Å². The molecule has 0 saturated heterocycles. The van der Waals surface area contributed by atoms with E-state index >= 15 is 0 Å². The average molecular weight is 312 g/mol. The van der Waals surface area contributed by atoms with Gasteiger partial charge in [-0.1, -0.05) is 61.8 Å². The number of alkyl halides is 1. The summed E-state index contributed by atoms with van der Waals surface area (Å²) in [5.74, 6) is 0.324. The van der Waals surface area contributed by atoms with Crippen LogP contribution in [-0.2, 0) is 17.6 Å². The lowest BCUT2D eigenvalue weighted by Crippen LogP contribution is -2.28. The Morgan fingerprint density at radius 1 is 1.22 bits per heavy atom. The summed E-state index contributed by atoms with van der Waals surface area (Å²) in [7, 11) is 0. The van der Waals surface area contributed by atoms with E-state index in [1.807, 2.05) is 13.8 Å². The van der Waals surface area contributed by atoms with Crippen LogP contribution in [0.5, 0.6) is 0 Å². The van der Waals surface area contributed by atoms with Crippen LogP contribution in [0.2, 0.25) is 0 Å². The van der Waals surface area contributed by atoms with E-state index < -0.39 is 0 Å². The first-order valence-electron chi connectivity index (χ1n) is 6.56. The molecule has 1 amide bonds. The van der Waals surface area contributed by atoms with Crippen molar-refractivity contribution >= 4 is 27.5 Å². The summed E-state index contributed by atoms with van der Waals surface area (Å²) < 4.78 is 0. The lowest BCUT2D eigenvalue weighted by Gasteiger charge is -2.18. The van der Waals surface area contributed by atoms with Crippen molar-refractivity contribution in [2.75, 3.05) is 5.32 Å². The van der Waals surface area contributed by atoms with Gasteiger partial charge in [0.1, 0.15) is 0 Å². The predicted octanol–water partition coefficient (Wildman–Crippen LogP) is 4.17. The molecule has 1 aromatic carbocycles. The Labute approximate surface area is 118 Å². The van der Waals surface area contributed by atoms with Crippen LogP contribution in [0.4, 0.5) is 5.69 Å². The highest BCUT2D eigenvalue weighted by molar-refractivity contribution is 9.10. The van der Waals surface area contributed by atoms with Crippen LogP contribution in [0, 0.1) is 5.92 Å². The van der Waals surface area contributed by atoms with E-state index in [0.29, 0.717) is 0 Å². The SMILES string of the molecule is CCc1cccc(CC)c1NC(=O)C(Br)C(C)C. The fraction of sp³-hybridized carbons (Fsp3) is 0.533. The molecule has 0 aliphatic carbocycles. The van der Waals surface area contributed by atoms with Crippen LogP contribution < -0.4 is 5.32 Å². The number of nitrogens with one attached hydrogen (secondary N) is 1. The summed E-state index contributed by atoms with van der Waals surface area (Å²) in [5.41, 5.74) is 3.40. The summed E-state index contributed by atoms with van der Waals surface area (Å²) in [6.45, 7) is 8.29. The van der Waals surface area contributed by atoms with Gasteiger partial charge in [0.15, 0.2) is 0 Å². The van der Waals surface area contributed by atoms with Crippen LogP contribution in [-0.4, -0.2) is 10.7 Å². The summed E-state index contributed by atoms with van der Waals surface area (Å²) in [6, 6.07) is 6.21. The fourth-order valence-electron chi connectivity index (χ4n) is 1.90. The summed E-state index contributed by atoms with van der Waals surface area (Å²) >= 11 is 3.45. The molecule has 0 aliphatic heterocycles. The van der Waals surface area contributed by atoms with Crippen molar-refractivity contribution in [1.29, 1.82) is 0 Å². The third kappa shape index (κ3) is 3.58. The van der Waals surface area contributed by atoms with Crippen LogP contribution in [0.3, 0.4) is 0 Å². The van der Waals surface area contributed by atoms with Crippen molar-refractivity contribution in [2.45, 2.75) is 45.4 Å². The van der Waals surface area contributed by atoms with Gasteiger partial charge in [0.2, 0.25) is 5.91 Å². The zero-order valence-corrected chi connectivity index (χ0v) is 13.2. The number of rotatable bonds is 5. The highest BCUT2D eigenvalue weighted by Crippen LogP contribution is 2.24. The number of anilines is 1. The molecule has 2 nitrogen and oxygen atoms in total. The van der Waals surface area contributed by atoms with Crippen molar-refractivity contribution < 1.29 is 4.79 Å². The Morgan fingerprint density at radius 2 is 1.72 bits per heavy atom. The van der Waals surface area contributed by atoms with E-state index in [-0.39, 0.29) is 16.7 Å². The molecule has 0 spiro atoms. The average Bonchev–Trinajstić information content (AvgIpc) is 2.37. The highest BCUT2D eigenvalue weighted by atomic mass is 79.9. The smallest absolute Gasteiger partial charge is 0.238 e. The number of benzene rings is 1. The van der Waals surface area contributed by atoms with E-state index in [1.54, 1.807) is 0 Å². The van der Waals surface area contributed by atoms with Crippen LogP contribution in [0.15, 0.2) is 18.2 Å². The number of hydrogen-bond donors (Lipinski definition) is 1. The number of halogens is 1. The second-order valence-electron chi connectivity index (χ2n) is 4.79. The summed E-state index contributed by atoms with van der Waals surface area (Å²) in [4.78, 5) is 12.0. The van der Waals surface area contributed by atoms with Gasteiger partial charge >= 0.3 is 0 Å². The lowest BCUT2D eigenvalue weighted by molar-refractivity contribution is -0.116. The van der Waals surface area contributed by atoms with Crippen molar-refractivity contribution in [1.82, 2.24) is 0 Å². The zero-order chi connectivity index (χ0) is 13.7. The Hall–Kier alpha value is -0.830. The molecule has 100 valence electrons. The second-order valence-corrected chi connectivity index (χ2v) is 5.78. The predicted molar refractivity (Wildman–Crippen MR) is 81.4 cm³/mol. The number of amides is 1. The number of carbonyl (C=O) groups is 1. The molecule has 0 heterocycles. The first kappa shape index (κ1) is 15.2. The molecule has 1 N–H and O–H groups in total. The molecular weight excluding hydrogens is 290 g/mol. The maximum Gasteiger partial charge on any atom is 0.238 e. The largest absolute Gasteiger partial charge is 0.325 e. The maximum atomic E-state index is 12.1. The van der Waals surface area contributed by atoms with Crippen LogP contribution >= 0.6 is 15.9 Å². The van der Waals surface area contributed by atoms with E-state index in [0.717, 1.165) is 18.5 Å². The minimum atomic E-state index is -0.146. The monoisotopic (exact) mass is 311 g/mol. The van der Waals surface area contributed by atoms with Gasteiger partial charge in [-0.3, -0.25) is 4.79 Å². The van der Waals surface area contributed by atoms with E-state index in [2.05, 4.69) is 53.3 Å². The third-order valence-corrected chi connectivity index (χ3v) is 4.56. The molecule has 3 heteroatoms. The zero-order valence-electron chi connectivity index (χ0n) is 11.6. The van der Waals surface area contributed by atoms with Gasteiger partial charge in [0.05, 0.1) is 4.83 Å². The summed E-state index contributed by atoms with van der Waals surface area (Å²) in [5, 5.41) is 3.08. The van der Waals surface area contributed by atoms with Crippen molar-refractivity contribution in [2.24, 2.45) is 5.92 Å². The first-order chi connectivity index (χ1) is 8.51. The minimum absolute atomic E-state index is 0.0422. The normalized spacial score (nSPS) is 12.6. The Kier molecular flexibility index (Phi) is 5.86. The van der Waals surface area contributed by atoms with Gasteiger partial charge in [-0.15, -0.1) is 0 Å². The van der Waals surface area contributed by atoms with Gasteiger partial charge < -0.3 is 5.32 Å². The molecule has 0 radical (unpaired) electrons. The Balaban J connectivity index is 2.99.